The first kappa shape index (κ1) is 9.97. The van der Waals surface area contributed by atoms with Crippen LogP contribution in [0.4, 0.5) is 0 Å². The number of carboxylic acid groups (broad SMARTS) is 1. The van der Waals surface area contributed by atoms with Crippen LogP contribution in [0.3, 0.4) is 0 Å². The summed E-state index contributed by atoms with van der Waals surface area (Å²) in [4.78, 5) is 25.7. The molecule has 16 heavy (non-hydrogen) atoms. The highest BCUT2D eigenvalue weighted by Crippen LogP contribution is 2.17. The maximum absolute atomic E-state index is 10.6. The second-order valence-electron chi connectivity index (χ2n) is 2.83. The van der Waals surface area contributed by atoms with Crippen molar-refractivity contribution in [3.05, 3.63) is 30.4 Å². The van der Waals surface area contributed by atoms with Gasteiger partial charge >= 0.3 is 5.97 Å². The third-order valence-corrected chi connectivity index (χ3v) is 1.79. The number of nitrogens with zero attached hydrogens (tertiary/aromatic N) is 4. The molecule has 0 unspecified atom stereocenters. The van der Waals surface area contributed by atoms with Gasteiger partial charge in [0.1, 0.15) is 11.3 Å². The van der Waals surface area contributed by atoms with E-state index in [9.17, 15) is 9.90 Å². The van der Waals surface area contributed by atoms with Gasteiger partial charge in [-0.2, -0.15) is 4.98 Å². The molecule has 0 aromatic carbocycles. The van der Waals surface area contributed by atoms with Crippen molar-refractivity contribution < 1.29 is 15.0 Å². The SMILES string of the molecule is O=C(O)c1cnc(-c2cnccn2)nc1O. The van der Waals surface area contributed by atoms with Gasteiger partial charge in [-0.3, -0.25) is 4.98 Å². The Morgan fingerprint density at radius 1 is 1.19 bits per heavy atom. The molecule has 0 atom stereocenters. The van der Waals surface area contributed by atoms with Gasteiger partial charge < -0.3 is 10.2 Å². The number of carboxylic acids is 1. The number of carbonyl (C=O) groups is 1. The quantitative estimate of drug-likeness (QED) is 0.747. The number of hydrogen-bond acceptors (Lipinski definition) is 6. The van der Waals surface area contributed by atoms with Gasteiger partial charge in [0.2, 0.25) is 5.88 Å². The van der Waals surface area contributed by atoms with Crippen LogP contribution >= 0.6 is 0 Å². The molecule has 2 heterocycles. The molecule has 2 aromatic heterocycles. The Morgan fingerprint density at radius 2 is 2.00 bits per heavy atom. The number of aromatic nitrogens is 4. The zero-order valence-corrected chi connectivity index (χ0v) is 7.90. The fourth-order valence-electron chi connectivity index (χ4n) is 1.06. The fraction of sp³-hybridized carbons (Fsp3) is 0. The molecule has 0 aliphatic heterocycles. The highest BCUT2D eigenvalue weighted by atomic mass is 16.4. The smallest absolute Gasteiger partial charge is 0.342 e. The molecule has 0 aliphatic carbocycles. The van der Waals surface area contributed by atoms with Crippen molar-refractivity contribution in [3.63, 3.8) is 0 Å². The molecule has 2 N–H and O–H groups in total. The van der Waals surface area contributed by atoms with Gasteiger partial charge in [0.05, 0.1) is 6.20 Å². The second-order valence-corrected chi connectivity index (χ2v) is 2.83. The fourth-order valence-corrected chi connectivity index (χ4v) is 1.06. The molecule has 0 amide bonds. The van der Waals surface area contributed by atoms with Crippen molar-refractivity contribution in [2.45, 2.75) is 0 Å². The minimum Gasteiger partial charge on any atom is -0.493 e. The van der Waals surface area contributed by atoms with Crippen LogP contribution in [0.1, 0.15) is 10.4 Å². The molecular weight excluding hydrogens is 212 g/mol. The lowest BCUT2D eigenvalue weighted by Crippen LogP contribution is -2.01. The van der Waals surface area contributed by atoms with E-state index < -0.39 is 11.8 Å². The van der Waals surface area contributed by atoms with E-state index in [1.165, 1.54) is 18.6 Å². The molecule has 0 spiro atoms. The zero-order valence-electron chi connectivity index (χ0n) is 7.90. The van der Waals surface area contributed by atoms with Gasteiger partial charge in [-0.05, 0) is 0 Å². The zero-order chi connectivity index (χ0) is 11.5. The number of rotatable bonds is 2. The second kappa shape index (κ2) is 3.89. The van der Waals surface area contributed by atoms with Crippen molar-refractivity contribution >= 4 is 5.97 Å². The van der Waals surface area contributed by atoms with Crippen molar-refractivity contribution in [2.24, 2.45) is 0 Å². The topological polar surface area (TPSA) is 109 Å². The summed E-state index contributed by atoms with van der Waals surface area (Å²) >= 11 is 0. The van der Waals surface area contributed by atoms with Gasteiger partial charge in [0, 0.05) is 18.6 Å². The number of aromatic hydroxyl groups is 1. The summed E-state index contributed by atoms with van der Waals surface area (Å²) in [5, 5.41) is 18.0. The van der Waals surface area contributed by atoms with Crippen LogP contribution in [0, 0.1) is 0 Å². The Morgan fingerprint density at radius 3 is 2.56 bits per heavy atom. The summed E-state index contributed by atoms with van der Waals surface area (Å²) in [6.07, 6.45) is 5.36. The first-order chi connectivity index (χ1) is 7.68. The summed E-state index contributed by atoms with van der Waals surface area (Å²) < 4.78 is 0. The Bertz CT molecular complexity index is 530. The molecule has 0 saturated carbocycles. The van der Waals surface area contributed by atoms with Crippen molar-refractivity contribution in [1.82, 2.24) is 19.9 Å². The summed E-state index contributed by atoms with van der Waals surface area (Å²) in [6.45, 7) is 0. The van der Waals surface area contributed by atoms with E-state index in [0.29, 0.717) is 5.69 Å². The molecule has 0 radical (unpaired) electrons. The van der Waals surface area contributed by atoms with Gasteiger partial charge in [0.15, 0.2) is 5.82 Å². The third kappa shape index (κ3) is 1.78. The summed E-state index contributed by atoms with van der Waals surface area (Å²) in [5.41, 5.74) is 0.00220. The molecule has 0 fully saturated rings. The van der Waals surface area contributed by atoms with Gasteiger partial charge in [0.25, 0.3) is 0 Å². The Balaban J connectivity index is 2.46. The van der Waals surface area contributed by atoms with Crippen LogP contribution in [0.5, 0.6) is 5.88 Å². The first-order valence-electron chi connectivity index (χ1n) is 4.24. The number of aromatic carboxylic acids is 1. The summed E-state index contributed by atoms with van der Waals surface area (Å²) in [7, 11) is 0. The predicted octanol–water partition coefficient (Wildman–Crippen LogP) is 0.337. The Kier molecular flexibility index (Phi) is 2.42. The highest BCUT2D eigenvalue weighted by molar-refractivity contribution is 5.89. The molecule has 7 nitrogen and oxygen atoms in total. The van der Waals surface area contributed by atoms with Gasteiger partial charge in [-0.25, -0.2) is 14.8 Å². The highest BCUT2D eigenvalue weighted by Gasteiger charge is 2.13. The first-order valence-corrected chi connectivity index (χ1v) is 4.24. The van der Waals surface area contributed by atoms with Crippen LogP contribution in [0.15, 0.2) is 24.8 Å². The molecule has 2 rings (SSSR count). The number of hydrogen-bond donors (Lipinski definition) is 2. The third-order valence-electron chi connectivity index (χ3n) is 1.79. The maximum atomic E-state index is 10.6. The van der Waals surface area contributed by atoms with E-state index in [2.05, 4.69) is 19.9 Å². The summed E-state index contributed by atoms with van der Waals surface area (Å²) in [6, 6.07) is 0. The van der Waals surface area contributed by atoms with E-state index in [1.807, 2.05) is 0 Å². The molecule has 80 valence electrons. The van der Waals surface area contributed by atoms with Gasteiger partial charge in [-0.15, -0.1) is 0 Å². The minimum atomic E-state index is -1.29. The van der Waals surface area contributed by atoms with Crippen molar-refractivity contribution in [2.75, 3.05) is 0 Å². The van der Waals surface area contributed by atoms with Crippen molar-refractivity contribution in [1.29, 1.82) is 0 Å². The van der Waals surface area contributed by atoms with Crippen LogP contribution in [0.2, 0.25) is 0 Å². The molecule has 7 heteroatoms. The standard InChI is InChI=1S/C9H6N4O3/c14-8-5(9(15)16)3-12-7(13-8)6-4-10-1-2-11-6/h1-4H,(H,15,16)(H,12,13,14). The average molecular weight is 218 g/mol. The predicted molar refractivity (Wildman–Crippen MR) is 51.7 cm³/mol. The van der Waals surface area contributed by atoms with E-state index in [0.717, 1.165) is 6.20 Å². The monoisotopic (exact) mass is 218 g/mol. The molecular formula is C9H6N4O3. The summed E-state index contributed by atoms with van der Waals surface area (Å²) in [5.74, 6) is -1.76. The lowest BCUT2D eigenvalue weighted by molar-refractivity contribution is 0.0692. The van der Waals surface area contributed by atoms with E-state index >= 15 is 0 Å². The van der Waals surface area contributed by atoms with E-state index in [-0.39, 0.29) is 11.4 Å². The maximum Gasteiger partial charge on any atom is 0.342 e. The minimum absolute atomic E-state index is 0.121. The average Bonchev–Trinajstić information content (AvgIpc) is 2.29. The van der Waals surface area contributed by atoms with Crippen LogP contribution in [0.25, 0.3) is 11.5 Å². The lowest BCUT2D eigenvalue weighted by Gasteiger charge is -2.00. The largest absolute Gasteiger partial charge is 0.493 e. The lowest BCUT2D eigenvalue weighted by atomic mass is 10.3. The Hall–Kier alpha value is -2.57. The molecule has 2 aromatic rings. The molecule has 0 saturated heterocycles. The van der Waals surface area contributed by atoms with Crippen LogP contribution in [-0.2, 0) is 0 Å². The van der Waals surface area contributed by atoms with Crippen LogP contribution in [-0.4, -0.2) is 36.1 Å². The van der Waals surface area contributed by atoms with E-state index in [1.54, 1.807) is 0 Å². The normalized spacial score (nSPS) is 10.0. The van der Waals surface area contributed by atoms with E-state index in [4.69, 9.17) is 5.11 Å². The van der Waals surface area contributed by atoms with Gasteiger partial charge in [-0.1, -0.05) is 0 Å². The van der Waals surface area contributed by atoms with Crippen molar-refractivity contribution in [3.8, 4) is 17.4 Å². The van der Waals surface area contributed by atoms with Crippen LogP contribution < -0.4 is 0 Å². The molecule has 0 bridgehead atoms. The Labute approximate surface area is 89.5 Å². The molecule has 0 aliphatic rings.